The normalized spacial score (nSPS) is 13.9. The molecule has 2 aromatic heterocycles. The Balaban J connectivity index is 0.000000532. The lowest BCUT2D eigenvalue weighted by atomic mass is 10.1. The molecule has 1 saturated carbocycles. The number of rotatable bonds is 6. The molecule has 0 atom stereocenters. The van der Waals surface area contributed by atoms with Crippen LogP contribution in [0.15, 0.2) is 41.6 Å². The van der Waals surface area contributed by atoms with Crippen molar-refractivity contribution in [2.75, 3.05) is 10.0 Å². The third-order valence-corrected chi connectivity index (χ3v) is 8.51. The van der Waals surface area contributed by atoms with E-state index in [9.17, 15) is 26.4 Å². The van der Waals surface area contributed by atoms with Crippen molar-refractivity contribution >= 4 is 44.1 Å². The lowest BCUT2D eigenvalue weighted by molar-refractivity contribution is -0.192. The van der Waals surface area contributed by atoms with Crippen LogP contribution < -0.4 is 10.0 Å². The molecule has 0 unspecified atom stereocenters. The summed E-state index contributed by atoms with van der Waals surface area (Å²) in [5.41, 5.74) is 3.41. The minimum atomic E-state index is -5.08. The highest BCUT2D eigenvalue weighted by molar-refractivity contribution is 7.92. The molecule has 1 amide bonds. The first-order valence-electron chi connectivity index (χ1n) is 11.8. The topological polar surface area (TPSA) is 138 Å². The van der Waals surface area contributed by atoms with Crippen LogP contribution in [0.4, 0.5) is 24.0 Å². The number of hydrogen-bond donors (Lipinski definition) is 3. The van der Waals surface area contributed by atoms with Gasteiger partial charge < -0.3 is 10.4 Å². The van der Waals surface area contributed by atoms with Crippen molar-refractivity contribution < 1.29 is 36.3 Å². The molecule has 1 aliphatic rings. The lowest BCUT2D eigenvalue weighted by Crippen LogP contribution is -2.21. The second-order valence-corrected chi connectivity index (χ2v) is 11.7. The van der Waals surface area contributed by atoms with Gasteiger partial charge in [0.25, 0.3) is 10.0 Å². The molecule has 1 fully saturated rings. The number of sulfonamides is 1. The third kappa shape index (κ3) is 7.99. The number of benzene rings is 1. The quantitative estimate of drug-likeness (QED) is 0.338. The number of halogens is 3. The van der Waals surface area contributed by atoms with Crippen molar-refractivity contribution in [2.24, 2.45) is 5.92 Å². The Morgan fingerprint density at radius 2 is 1.72 bits per heavy atom. The number of carboxylic acids is 1. The number of carboxylic acid groups (broad SMARTS) is 1. The smallest absolute Gasteiger partial charge is 0.475 e. The van der Waals surface area contributed by atoms with E-state index in [0.717, 1.165) is 47.4 Å². The number of carbonyl (C=O) groups excluding carboxylic acids is 1. The van der Waals surface area contributed by atoms with Crippen LogP contribution in [0, 0.1) is 26.7 Å². The summed E-state index contributed by atoms with van der Waals surface area (Å²) in [5.74, 6) is -2.68. The highest BCUT2D eigenvalue weighted by Crippen LogP contribution is 2.36. The van der Waals surface area contributed by atoms with Crippen molar-refractivity contribution in [2.45, 2.75) is 57.5 Å². The number of amides is 1. The van der Waals surface area contributed by atoms with Gasteiger partial charge in [-0.3, -0.25) is 14.5 Å². The van der Waals surface area contributed by atoms with Crippen LogP contribution in [-0.4, -0.2) is 41.5 Å². The maximum atomic E-state index is 13.1. The summed E-state index contributed by atoms with van der Waals surface area (Å²) in [7, 11) is -3.80. The number of pyridine rings is 1. The van der Waals surface area contributed by atoms with Gasteiger partial charge in [-0.1, -0.05) is 36.3 Å². The van der Waals surface area contributed by atoms with E-state index in [1.165, 1.54) is 17.5 Å². The van der Waals surface area contributed by atoms with E-state index in [0.29, 0.717) is 16.4 Å². The summed E-state index contributed by atoms with van der Waals surface area (Å²) >= 11 is 1.36. The molecule has 210 valence electrons. The zero-order chi connectivity index (χ0) is 29.0. The Hall–Kier alpha value is -3.52. The molecular formula is C25H27F3N4O5S2. The van der Waals surface area contributed by atoms with Crippen molar-refractivity contribution in [3.63, 3.8) is 0 Å². The van der Waals surface area contributed by atoms with Gasteiger partial charge in [0.1, 0.15) is 0 Å². The average Bonchev–Trinajstić information content (AvgIpc) is 3.49. The number of thiazole rings is 1. The summed E-state index contributed by atoms with van der Waals surface area (Å²) in [4.78, 5) is 30.9. The SMILES string of the molecule is Cc1cncc(NS(=O)(=O)c2cc(-c3sc(NC(=O)C4CCCC4)nc3C)ccc2C)c1.O=C(O)C(F)(F)F. The first-order chi connectivity index (χ1) is 18.2. The second kappa shape index (κ2) is 12.1. The van der Waals surface area contributed by atoms with Gasteiger partial charge >= 0.3 is 12.1 Å². The first kappa shape index (κ1) is 30.0. The minimum Gasteiger partial charge on any atom is -0.475 e. The van der Waals surface area contributed by atoms with E-state index < -0.39 is 22.2 Å². The molecule has 39 heavy (non-hydrogen) atoms. The molecule has 2 heterocycles. The molecule has 0 spiro atoms. The van der Waals surface area contributed by atoms with Gasteiger partial charge in [0.2, 0.25) is 5.91 Å². The number of nitrogens with zero attached hydrogens (tertiary/aromatic N) is 2. The van der Waals surface area contributed by atoms with Gasteiger partial charge in [-0.15, -0.1) is 0 Å². The van der Waals surface area contributed by atoms with Crippen LogP contribution in [0.1, 0.15) is 42.5 Å². The maximum Gasteiger partial charge on any atom is 0.490 e. The minimum absolute atomic E-state index is 0.0194. The average molecular weight is 585 g/mol. The maximum absolute atomic E-state index is 13.1. The highest BCUT2D eigenvalue weighted by atomic mass is 32.2. The molecule has 3 N–H and O–H groups in total. The van der Waals surface area contributed by atoms with E-state index in [4.69, 9.17) is 9.90 Å². The van der Waals surface area contributed by atoms with Gasteiger partial charge in [0.15, 0.2) is 5.13 Å². The fourth-order valence-electron chi connectivity index (χ4n) is 3.96. The number of nitrogens with one attached hydrogen (secondary N) is 2. The van der Waals surface area contributed by atoms with Gasteiger partial charge in [-0.2, -0.15) is 13.2 Å². The third-order valence-electron chi connectivity index (χ3n) is 5.86. The Bertz CT molecular complexity index is 1470. The summed E-state index contributed by atoms with van der Waals surface area (Å²) in [6.45, 7) is 5.48. The predicted octanol–water partition coefficient (Wildman–Crippen LogP) is 5.69. The number of anilines is 2. The molecule has 4 rings (SSSR count). The first-order valence-corrected chi connectivity index (χ1v) is 14.1. The molecule has 0 bridgehead atoms. The number of alkyl halides is 3. The van der Waals surface area contributed by atoms with Crippen LogP contribution in [0.2, 0.25) is 0 Å². The molecule has 1 aliphatic carbocycles. The molecule has 3 aromatic rings. The van der Waals surface area contributed by atoms with E-state index in [1.54, 1.807) is 31.3 Å². The van der Waals surface area contributed by atoms with Crippen LogP contribution in [-0.2, 0) is 19.6 Å². The summed E-state index contributed by atoms with van der Waals surface area (Å²) in [6.07, 6.45) is 2.09. The van der Waals surface area contributed by atoms with Crippen LogP contribution >= 0.6 is 11.3 Å². The summed E-state index contributed by atoms with van der Waals surface area (Å²) < 4.78 is 60.5. The predicted molar refractivity (Wildman–Crippen MR) is 141 cm³/mol. The number of aromatic nitrogens is 2. The van der Waals surface area contributed by atoms with Gasteiger partial charge in [-0.05, 0) is 62.4 Å². The Labute approximate surface area is 227 Å². The Morgan fingerprint density at radius 1 is 1.08 bits per heavy atom. The van der Waals surface area contributed by atoms with Gasteiger partial charge in [0.05, 0.1) is 27.4 Å². The zero-order valence-electron chi connectivity index (χ0n) is 21.3. The van der Waals surface area contributed by atoms with E-state index in [2.05, 4.69) is 20.0 Å². The number of aryl methyl sites for hydroxylation is 3. The fraction of sp³-hybridized carbons (Fsp3) is 0.360. The number of aliphatic carboxylic acids is 1. The Kier molecular flexibility index (Phi) is 9.33. The van der Waals surface area contributed by atoms with Crippen molar-refractivity contribution in [1.29, 1.82) is 0 Å². The van der Waals surface area contributed by atoms with E-state index in [-0.39, 0.29) is 16.7 Å². The van der Waals surface area contributed by atoms with Crippen molar-refractivity contribution in [3.8, 4) is 10.4 Å². The molecule has 0 radical (unpaired) electrons. The highest BCUT2D eigenvalue weighted by Gasteiger charge is 2.38. The van der Waals surface area contributed by atoms with Crippen molar-refractivity contribution in [3.05, 3.63) is 53.5 Å². The zero-order valence-corrected chi connectivity index (χ0v) is 22.9. The van der Waals surface area contributed by atoms with Crippen LogP contribution in [0.3, 0.4) is 0 Å². The molecule has 9 nitrogen and oxygen atoms in total. The monoisotopic (exact) mass is 584 g/mol. The molecule has 14 heteroatoms. The van der Waals surface area contributed by atoms with E-state index >= 15 is 0 Å². The molecule has 1 aromatic carbocycles. The fourth-order valence-corrected chi connectivity index (χ4v) is 6.24. The van der Waals surface area contributed by atoms with Crippen LogP contribution in [0.25, 0.3) is 10.4 Å². The molecule has 0 aliphatic heterocycles. The summed E-state index contributed by atoms with van der Waals surface area (Å²) in [6, 6.07) is 7.06. The van der Waals surface area contributed by atoms with Crippen LogP contribution in [0.5, 0.6) is 0 Å². The van der Waals surface area contributed by atoms with Crippen molar-refractivity contribution in [1.82, 2.24) is 9.97 Å². The van der Waals surface area contributed by atoms with Gasteiger partial charge in [-0.25, -0.2) is 18.2 Å². The molecular weight excluding hydrogens is 557 g/mol. The summed E-state index contributed by atoms with van der Waals surface area (Å²) in [5, 5.41) is 10.6. The largest absolute Gasteiger partial charge is 0.490 e. The standard InChI is InChI=1S/C23H26N4O3S2.C2HF3O2/c1-14-10-19(13-24-12-14)27-32(29,30)20-11-18(9-8-15(20)2)21-16(3)25-23(31-21)26-22(28)17-6-4-5-7-17;3-2(4,5)1(6)7/h8-13,17,27H,4-7H2,1-3H3,(H,25,26,28);(H,6,7). The Morgan fingerprint density at radius 3 is 2.31 bits per heavy atom. The number of carbonyl (C=O) groups is 2. The second-order valence-electron chi connectivity index (χ2n) is 9.04. The molecule has 0 saturated heterocycles. The lowest BCUT2D eigenvalue weighted by Gasteiger charge is -2.12. The van der Waals surface area contributed by atoms with Gasteiger partial charge in [0, 0.05) is 12.1 Å². The number of hydrogen-bond acceptors (Lipinski definition) is 7. The van der Waals surface area contributed by atoms with E-state index in [1.807, 2.05) is 19.9 Å².